The topological polar surface area (TPSA) is 81.9 Å². The Hall–Kier alpha value is -2.49. The molecule has 4 rings (SSSR count). The Morgan fingerprint density at radius 3 is 2.81 bits per heavy atom. The molecule has 1 saturated heterocycles. The van der Waals surface area contributed by atoms with E-state index in [4.69, 9.17) is 16.3 Å². The number of hydrogen-bond acceptors (Lipinski definition) is 6. The van der Waals surface area contributed by atoms with Crippen LogP contribution in [0.4, 0.5) is 10.2 Å². The second kappa shape index (κ2) is 9.76. The van der Waals surface area contributed by atoms with E-state index in [1.807, 2.05) is 4.57 Å². The van der Waals surface area contributed by atoms with Crippen molar-refractivity contribution in [1.82, 2.24) is 19.7 Å². The molecule has 162 valence electrons. The summed E-state index contributed by atoms with van der Waals surface area (Å²) in [6, 6.07) is 9.43. The number of ether oxygens (including phenoxy) is 1. The molecule has 1 aromatic carbocycles. The molecule has 2 atom stereocenters. The van der Waals surface area contributed by atoms with Gasteiger partial charge in [0.2, 0.25) is 5.91 Å². The maximum Gasteiger partial charge on any atom is 0.238 e. The Bertz CT molecular complexity index is 1040. The minimum Gasteiger partial charge on any atom is -0.376 e. The zero-order valence-corrected chi connectivity index (χ0v) is 18.4. The van der Waals surface area contributed by atoms with Crippen LogP contribution in [-0.2, 0) is 16.1 Å². The maximum atomic E-state index is 13.4. The van der Waals surface area contributed by atoms with Gasteiger partial charge in [-0.05, 0) is 56.2 Å². The first-order chi connectivity index (χ1) is 15.0. The largest absolute Gasteiger partial charge is 0.376 e. The normalized spacial score (nSPS) is 16.9. The second-order valence-electron chi connectivity index (χ2n) is 7.17. The number of nitrogens with one attached hydrogen (secondary N) is 1. The number of carbonyl (C=O) groups excluding carboxylic acids is 1. The summed E-state index contributed by atoms with van der Waals surface area (Å²) in [5.74, 6) is 0.513. The van der Waals surface area contributed by atoms with E-state index in [-0.39, 0.29) is 17.8 Å². The average Bonchev–Trinajstić information content (AvgIpc) is 3.41. The van der Waals surface area contributed by atoms with Crippen LogP contribution >= 0.6 is 23.4 Å². The van der Waals surface area contributed by atoms with Crippen molar-refractivity contribution in [1.29, 1.82) is 0 Å². The number of rotatable bonds is 7. The number of aromatic nitrogens is 4. The summed E-state index contributed by atoms with van der Waals surface area (Å²) >= 11 is 7.14. The molecule has 0 radical (unpaired) electrons. The minimum absolute atomic E-state index is 0.0527. The summed E-state index contributed by atoms with van der Waals surface area (Å²) in [4.78, 5) is 16.7. The van der Waals surface area contributed by atoms with Crippen LogP contribution in [0.3, 0.4) is 0 Å². The molecule has 1 N–H and O–H groups in total. The van der Waals surface area contributed by atoms with Gasteiger partial charge < -0.3 is 10.1 Å². The summed E-state index contributed by atoms with van der Waals surface area (Å²) in [7, 11) is 0. The molecule has 31 heavy (non-hydrogen) atoms. The highest BCUT2D eigenvalue weighted by molar-refractivity contribution is 8.00. The lowest BCUT2D eigenvalue weighted by Gasteiger charge is -2.16. The Kier molecular flexibility index (Phi) is 6.84. The van der Waals surface area contributed by atoms with Crippen molar-refractivity contribution in [3.8, 4) is 11.4 Å². The molecule has 0 spiro atoms. The van der Waals surface area contributed by atoms with Crippen LogP contribution in [0.5, 0.6) is 0 Å². The lowest BCUT2D eigenvalue weighted by atomic mass is 10.2. The van der Waals surface area contributed by atoms with E-state index in [0.29, 0.717) is 28.4 Å². The van der Waals surface area contributed by atoms with Crippen LogP contribution < -0.4 is 5.32 Å². The van der Waals surface area contributed by atoms with Crippen LogP contribution in [0.2, 0.25) is 5.02 Å². The minimum atomic E-state index is -0.453. The van der Waals surface area contributed by atoms with Crippen molar-refractivity contribution in [2.45, 2.75) is 42.8 Å². The fraction of sp³-hybridized carbons (Fsp3) is 0.333. The molecule has 7 nitrogen and oxygen atoms in total. The fourth-order valence-corrected chi connectivity index (χ4v) is 4.20. The number of anilines is 1. The predicted molar refractivity (Wildman–Crippen MR) is 118 cm³/mol. The van der Waals surface area contributed by atoms with Crippen LogP contribution in [0.25, 0.3) is 11.4 Å². The molecule has 0 bridgehead atoms. The number of thioether (sulfide) groups is 1. The highest BCUT2D eigenvalue weighted by Crippen LogP contribution is 2.29. The van der Waals surface area contributed by atoms with Gasteiger partial charge in [0.05, 0.1) is 22.9 Å². The zero-order valence-electron chi connectivity index (χ0n) is 16.8. The third kappa shape index (κ3) is 5.41. The number of nitrogens with zero attached hydrogens (tertiary/aromatic N) is 4. The van der Waals surface area contributed by atoms with Gasteiger partial charge in [-0.25, -0.2) is 9.37 Å². The first-order valence-corrected chi connectivity index (χ1v) is 11.1. The number of hydrogen-bond donors (Lipinski definition) is 1. The van der Waals surface area contributed by atoms with E-state index in [1.165, 1.54) is 30.1 Å². The third-order valence-electron chi connectivity index (χ3n) is 4.86. The summed E-state index contributed by atoms with van der Waals surface area (Å²) in [6.07, 6.45) is 3.48. The van der Waals surface area contributed by atoms with Crippen molar-refractivity contribution in [2.24, 2.45) is 0 Å². The van der Waals surface area contributed by atoms with E-state index in [9.17, 15) is 9.18 Å². The van der Waals surface area contributed by atoms with E-state index in [1.54, 1.807) is 31.2 Å². The van der Waals surface area contributed by atoms with E-state index in [0.717, 1.165) is 25.0 Å². The van der Waals surface area contributed by atoms with Gasteiger partial charge in [-0.2, -0.15) is 0 Å². The van der Waals surface area contributed by atoms with Gasteiger partial charge in [-0.3, -0.25) is 9.36 Å². The van der Waals surface area contributed by atoms with E-state index >= 15 is 0 Å². The Balaban J connectivity index is 1.54. The van der Waals surface area contributed by atoms with Crippen molar-refractivity contribution < 1.29 is 13.9 Å². The molecule has 1 aliphatic heterocycles. The molecule has 3 heterocycles. The molecule has 1 fully saturated rings. The molecule has 0 aliphatic carbocycles. The highest BCUT2D eigenvalue weighted by Gasteiger charge is 2.24. The van der Waals surface area contributed by atoms with Gasteiger partial charge in [0, 0.05) is 18.4 Å². The number of halogens is 2. The van der Waals surface area contributed by atoms with Crippen molar-refractivity contribution in [2.75, 3.05) is 11.9 Å². The summed E-state index contributed by atoms with van der Waals surface area (Å²) in [6.45, 7) is 3.09. The summed E-state index contributed by atoms with van der Waals surface area (Å²) in [5.41, 5.74) is 0.751. The maximum absolute atomic E-state index is 13.4. The van der Waals surface area contributed by atoms with Gasteiger partial charge in [-0.15, -0.1) is 10.2 Å². The van der Waals surface area contributed by atoms with Gasteiger partial charge in [0.1, 0.15) is 11.6 Å². The molecule has 0 saturated carbocycles. The lowest BCUT2D eigenvalue weighted by molar-refractivity contribution is -0.115. The Morgan fingerprint density at radius 2 is 2.13 bits per heavy atom. The molecule has 2 unspecified atom stereocenters. The molecule has 10 heteroatoms. The quantitative estimate of drug-likeness (QED) is 0.524. The van der Waals surface area contributed by atoms with Crippen LogP contribution in [0, 0.1) is 5.82 Å². The fourth-order valence-electron chi connectivity index (χ4n) is 3.23. The summed E-state index contributed by atoms with van der Waals surface area (Å²) in [5, 5.41) is 12.0. The zero-order chi connectivity index (χ0) is 21.8. The monoisotopic (exact) mass is 461 g/mol. The number of benzene rings is 1. The van der Waals surface area contributed by atoms with Gasteiger partial charge in [0.25, 0.3) is 0 Å². The highest BCUT2D eigenvalue weighted by atomic mass is 35.5. The van der Waals surface area contributed by atoms with E-state index < -0.39 is 5.25 Å². The van der Waals surface area contributed by atoms with E-state index in [2.05, 4.69) is 20.5 Å². The second-order valence-corrected chi connectivity index (χ2v) is 8.91. The molecule has 2 aromatic heterocycles. The Labute approximate surface area is 188 Å². The standard InChI is InChI=1S/C21H21ClFN5O2S/c1-13(20(29)25-18-9-6-15(22)11-24-18)31-21-27-26-19(14-4-7-16(23)8-5-14)28(21)12-17-3-2-10-30-17/h4-9,11,13,17H,2-3,10,12H2,1H3,(H,24,25,29). The van der Waals surface area contributed by atoms with Gasteiger partial charge in [-0.1, -0.05) is 23.4 Å². The number of pyridine rings is 1. The predicted octanol–water partition coefficient (Wildman–Crippen LogP) is 4.43. The lowest BCUT2D eigenvalue weighted by Crippen LogP contribution is -2.24. The third-order valence-corrected chi connectivity index (χ3v) is 6.16. The molecule has 1 aliphatic rings. The molecular formula is C21H21ClFN5O2S. The van der Waals surface area contributed by atoms with Crippen LogP contribution in [-0.4, -0.2) is 43.6 Å². The Morgan fingerprint density at radius 1 is 1.32 bits per heavy atom. The van der Waals surface area contributed by atoms with Crippen LogP contribution in [0.15, 0.2) is 47.8 Å². The molecule has 1 amide bonds. The van der Waals surface area contributed by atoms with Crippen molar-refractivity contribution in [3.63, 3.8) is 0 Å². The first-order valence-electron chi connectivity index (χ1n) is 9.89. The SMILES string of the molecule is CC(Sc1nnc(-c2ccc(F)cc2)n1CC1CCCO1)C(=O)Nc1ccc(Cl)cn1. The summed E-state index contributed by atoms with van der Waals surface area (Å²) < 4.78 is 21.1. The van der Waals surface area contributed by atoms with Gasteiger partial charge >= 0.3 is 0 Å². The van der Waals surface area contributed by atoms with Gasteiger partial charge in [0.15, 0.2) is 11.0 Å². The molecule has 3 aromatic rings. The number of carbonyl (C=O) groups is 1. The average molecular weight is 462 g/mol. The van der Waals surface area contributed by atoms with Crippen molar-refractivity contribution in [3.05, 3.63) is 53.4 Å². The van der Waals surface area contributed by atoms with Crippen LogP contribution in [0.1, 0.15) is 19.8 Å². The molecular weight excluding hydrogens is 441 g/mol. The first kappa shape index (κ1) is 21.7. The number of amides is 1. The van der Waals surface area contributed by atoms with Crippen molar-refractivity contribution >= 4 is 35.1 Å². The smallest absolute Gasteiger partial charge is 0.238 e.